The van der Waals surface area contributed by atoms with E-state index in [2.05, 4.69) is 11.1 Å². The van der Waals surface area contributed by atoms with Gasteiger partial charge in [-0.15, -0.1) is 0 Å². The van der Waals surface area contributed by atoms with Gasteiger partial charge in [-0.3, -0.25) is 0 Å². The fourth-order valence-electron chi connectivity index (χ4n) is 2.42. The number of allylic oxidation sites excluding steroid dienone is 1. The van der Waals surface area contributed by atoms with Crippen molar-refractivity contribution < 1.29 is 8.83 Å². The van der Waals surface area contributed by atoms with E-state index in [-0.39, 0.29) is 14.5 Å². The molecule has 6 heteroatoms. The summed E-state index contributed by atoms with van der Waals surface area (Å²) in [5, 5.41) is 10.2. The summed E-state index contributed by atoms with van der Waals surface area (Å²) in [6.07, 6.45) is 3.20. The molecule has 0 amide bonds. The number of para-hydroxylation sites is 1. The molecule has 0 spiro atoms. The van der Waals surface area contributed by atoms with Gasteiger partial charge in [0.25, 0.3) is 0 Å². The van der Waals surface area contributed by atoms with Gasteiger partial charge in [0.15, 0.2) is 0 Å². The summed E-state index contributed by atoms with van der Waals surface area (Å²) in [5.41, 5.74) is 1.51. The Morgan fingerprint density at radius 2 is 2.12 bits per heavy atom. The molecule has 120 valence electrons. The monoisotopic (exact) mass is 394 g/mol. The Labute approximate surface area is 148 Å². The topological polar surface area (TPSA) is 80.0 Å². The van der Waals surface area contributed by atoms with Gasteiger partial charge in [0.05, 0.1) is 0 Å². The molecule has 1 aromatic carbocycles. The fraction of sp³-hybridized carbons (Fsp3) is 0. The number of hydrogen-bond donors (Lipinski definition) is 0. The molecule has 0 saturated heterocycles. The first kappa shape index (κ1) is 15.4. The van der Waals surface area contributed by atoms with Crippen molar-refractivity contribution in [3.05, 3.63) is 74.4 Å². The normalized spacial score (nSPS) is 11.6. The molecule has 5 nitrogen and oxygen atoms in total. The van der Waals surface area contributed by atoms with Crippen LogP contribution in [0, 0.1) is 11.3 Å². The van der Waals surface area contributed by atoms with Gasteiger partial charge in [-0.1, -0.05) is 0 Å². The fourth-order valence-corrected chi connectivity index (χ4v) is 4.07. The summed E-state index contributed by atoms with van der Waals surface area (Å²) < 4.78 is 11.3. The molecule has 0 radical (unpaired) electrons. The van der Waals surface area contributed by atoms with Gasteiger partial charge < -0.3 is 0 Å². The third-order valence-corrected chi connectivity index (χ3v) is 5.44. The van der Waals surface area contributed by atoms with Crippen molar-refractivity contribution in [3.8, 4) is 17.3 Å². The zero-order valence-corrected chi connectivity index (χ0v) is 14.5. The SMILES string of the molecule is N#C/C(=C\c1ccco1)c1nc(-c2cc3ccccc3oc2=O)c[se]1. The molecular formula is C19H10N2O3Se. The number of aromatic nitrogens is 1. The molecule has 0 atom stereocenters. The first-order chi connectivity index (χ1) is 12.2. The molecule has 0 aliphatic rings. The molecular weight excluding hydrogens is 383 g/mol. The Morgan fingerprint density at radius 3 is 2.92 bits per heavy atom. The number of fused-ring (bicyclic) bond motifs is 1. The molecule has 0 aliphatic carbocycles. The summed E-state index contributed by atoms with van der Waals surface area (Å²) >= 11 is -0.137. The number of benzene rings is 1. The first-order valence-corrected chi connectivity index (χ1v) is 9.23. The summed E-state index contributed by atoms with van der Waals surface area (Å²) in [4.78, 5) is 18.6. The summed E-state index contributed by atoms with van der Waals surface area (Å²) in [6, 6.07) is 14.8. The van der Waals surface area contributed by atoms with Gasteiger partial charge in [0, 0.05) is 0 Å². The average Bonchev–Trinajstić information content (AvgIpc) is 3.31. The second-order valence-electron chi connectivity index (χ2n) is 5.21. The van der Waals surface area contributed by atoms with Gasteiger partial charge in [-0.25, -0.2) is 0 Å². The third-order valence-electron chi connectivity index (χ3n) is 3.60. The van der Waals surface area contributed by atoms with E-state index >= 15 is 0 Å². The predicted octanol–water partition coefficient (Wildman–Crippen LogP) is 3.57. The van der Waals surface area contributed by atoms with Crippen LogP contribution >= 0.6 is 0 Å². The van der Waals surface area contributed by atoms with E-state index in [1.165, 1.54) is 0 Å². The molecule has 0 saturated carbocycles. The number of rotatable bonds is 3. The van der Waals surface area contributed by atoms with Crippen molar-refractivity contribution >= 4 is 37.1 Å². The Bertz CT molecular complexity index is 1180. The molecule has 25 heavy (non-hydrogen) atoms. The molecule has 0 aliphatic heterocycles. The Hall–Kier alpha value is -3.13. The Kier molecular flexibility index (Phi) is 3.94. The first-order valence-electron chi connectivity index (χ1n) is 7.39. The molecule has 3 heterocycles. The molecule has 0 unspecified atom stereocenters. The zero-order chi connectivity index (χ0) is 17.2. The van der Waals surface area contributed by atoms with E-state index in [1.807, 2.05) is 23.1 Å². The van der Waals surface area contributed by atoms with Crippen molar-refractivity contribution in [1.82, 2.24) is 4.98 Å². The van der Waals surface area contributed by atoms with Crippen LogP contribution in [-0.4, -0.2) is 19.5 Å². The molecule has 3 aromatic heterocycles. The van der Waals surface area contributed by atoms with E-state index in [9.17, 15) is 10.1 Å². The molecule has 0 N–H and O–H groups in total. The molecule has 0 fully saturated rings. The van der Waals surface area contributed by atoms with Crippen LogP contribution in [0.1, 0.15) is 10.3 Å². The van der Waals surface area contributed by atoms with E-state index in [1.54, 1.807) is 36.6 Å². The van der Waals surface area contributed by atoms with E-state index < -0.39 is 5.63 Å². The summed E-state index contributed by atoms with van der Waals surface area (Å²) in [5.74, 6) is 0.591. The van der Waals surface area contributed by atoms with Crippen LogP contribution in [-0.2, 0) is 0 Å². The van der Waals surface area contributed by atoms with Crippen molar-refractivity contribution in [2.75, 3.05) is 0 Å². The van der Waals surface area contributed by atoms with Gasteiger partial charge in [-0.2, -0.15) is 0 Å². The van der Waals surface area contributed by atoms with Crippen LogP contribution in [0.2, 0.25) is 0 Å². The van der Waals surface area contributed by atoms with E-state index in [4.69, 9.17) is 8.83 Å². The van der Waals surface area contributed by atoms with Crippen molar-refractivity contribution in [1.29, 1.82) is 5.26 Å². The number of furan rings is 1. The minimum atomic E-state index is -0.431. The van der Waals surface area contributed by atoms with Crippen molar-refractivity contribution in [2.24, 2.45) is 0 Å². The van der Waals surface area contributed by atoms with Crippen LogP contribution in [0.15, 0.2) is 67.3 Å². The molecule has 4 aromatic rings. The van der Waals surface area contributed by atoms with Gasteiger partial charge in [0.2, 0.25) is 0 Å². The van der Waals surface area contributed by atoms with Crippen LogP contribution in [0.5, 0.6) is 0 Å². The van der Waals surface area contributed by atoms with Crippen LogP contribution in [0.3, 0.4) is 0 Å². The maximum absolute atomic E-state index is 12.3. The van der Waals surface area contributed by atoms with E-state index in [0.29, 0.717) is 32.7 Å². The van der Waals surface area contributed by atoms with Crippen molar-refractivity contribution in [2.45, 2.75) is 0 Å². The van der Waals surface area contributed by atoms with Crippen LogP contribution in [0.4, 0.5) is 0 Å². The van der Waals surface area contributed by atoms with Gasteiger partial charge in [-0.05, 0) is 0 Å². The molecule has 4 rings (SSSR count). The number of hydrogen-bond acceptors (Lipinski definition) is 5. The van der Waals surface area contributed by atoms with Gasteiger partial charge >= 0.3 is 148 Å². The van der Waals surface area contributed by atoms with Gasteiger partial charge in [0.1, 0.15) is 0 Å². The van der Waals surface area contributed by atoms with Crippen LogP contribution < -0.4 is 5.63 Å². The average molecular weight is 393 g/mol. The number of nitriles is 1. The zero-order valence-electron chi connectivity index (χ0n) is 12.8. The Morgan fingerprint density at radius 1 is 1.24 bits per heavy atom. The Balaban J connectivity index is 1.78. The maximum atomic E-state index is 12.3. The summed E-state index contributed by atoms with van der Waals surface area (Å²) in [6.45, 7) is 0. The quantitative estimate of drug-likeness (QED) is 0.302. The minimum absolute atomic E-state index is 0.137. The predicted molar refractivity (Wildman–Crippen MR) is 94.8 cm³/mol. The van der Waals surface area contributed by atoms with Crippen LogP contribution in [0.25, 0.3) is 33.9 Å². The molecule has 0 bridgehead atoms. The standard InChI is InChI=1S/C19H10N2O3Se/c20-10-13(8-14-5-3-7-23-14)18-21-16(11-25-18)15-9-12-4-1-2-6-17(12)24-19(15)22/h1-9,11H/b13-8+. The van der Waals surface area contributed by atoms with E-state index in [0.717, 1.165) is 5.39 Å². The number of nitrogens with zero attached hydrogens (tertiary/aromatic N) is 2. The second kappa shape index (κ2) is 6.40. The third kappa shape index (κ3) is 2.99. The second-order valence-corrected chi connectivity index (χ2v) is 7.01. The van der Waals surface area contributed by atoms with Crippen molar-refractivity contribution in [3.63, 3.8) is 0 Å². The summed E-state index contributed by atoms with van der Waals surface area (Å²) in [7, 11) is 0.